The molecule has 2 N–H and O–H groups in total. The number of rotatable bonds is 6. The minimum absolute atomic E-state index is 0.114. The van der Waals surface area contributed by atoms with Gasteiger partial charge in [0.2, 0.25) is 0 Å². The zero-order valence-corrected chi connectivity index (χ0v) is 23.0. The first-order chi connectivity index (χ1) is 18.5. The quantitative estimate of drug-likeness (QED) is 0.346. The number of hydrogen-bond donors (Lipinski definition) is 1. The van der Waals surface area contributed by atoms with E-state index in [4.69, 9.17) is 33.7 Å². The van der Waals surface area contributed by atoms with E-state index in [1.807, 2.05) is 36.4 Å². The summed E-state index contributed by atoms with van der Waals surface area (Å²) in [5.41, 5.74) is 15.3. The smallest absolute Gasteiger partial charge is 0.100 e. The fourth-order valence-electron chi connectivity index (χ4n) is 5.84. The molecule has 0 amide bonds. The number of allylic oxidation sites excluding steroid dienone is 4. The molecule has 0 saturated carbocycles. The van der Waals surface area contributed by atoms with Gasteiger partial charge in [-0.1, -0.05) is 59.6 Å². The second kappa shape index (κ2) is 10.5. The number of benzene rings is 3. The highest BCUT2D eigenvalue weighted by Crippen LogP contribution is 2.48. The highest BCUT2D eigenvalue weighted by atomic mass is 35.5. The Labute approximate surface area is 234 Å². The molecule has 0 aromatic heterocycles. The van der Waals surface area contributed by atoms with Crippen LogP contribution in [0.5, 0.6) is 0 Å². The number of likely N-dealkylation sites (tertiary alicyclic amines) is 1. The van der Waals surface area contributed by atoms with Gasteiger partial charge in [0.25, 0.3) is 0 Å². The van der Waals surface area contributed by atoms with Crippen LogP contribution in [0.3, 0.4) is 0 Å². The summed E-state index contributed by atoms with van der Waals surface area (Å²) in [7, 11) is 1.70. The molecule has 2 aliphatic heterocycles. The number of ether oxygens (including phenoxy) is 1. The Balaban J connectivity index is 1.50. The van der Waals surface area contributed by atoms with Crippen LogP contribution in [-0.4, -0.2) is 25.1 Å². The number of methoxy groups -OCH3 is 1. The third-order valence-electron chi connectivity index (χ3n) is 7.79. The fraction of sp³-hybridized carbons (Fsp3) is 0.250. The maximum Gasteiger partial charge on any atom is 0.100 e. The molecular formula is C32H31Cl2N3O. The van der Waals surface area contributed by atoms with Crippen LogP contribution in [0.2, 0.25) is 10.0 Å². The highest BCUT2D eigenvalue weighted by molar-refractivity contribution is 6.31. The largest absolute Gasteiger partial charge is 0.501 e. The SMILES string of the molecule is COC1=CC=C2C(=C(N)c3ccc(Cl)cc3N2C(c2ccc(Cl)cc2)c2ccc(CN3CCCC3)cc2)C1. The molecule has 1 saturated heterocycles. The average molecular weight is 545 g/mol. The van der Waals surface area contributed by atoms with Crippen LogP contribution in [0.4, 0.5) is 5.69 Å². The Morgan fingerprint density at radius 2 is 1.53 bits per heavy atom. The number of anilines is 1. The van der Waals surface area contributed by atoms with Crippen LogP contribution in [0.1, 0.15) is 47.6 Å². The van der Waals surface area contributed by atoms with Gasteiger partial charge in [-0.3, -0.25) is 4.90 Å². The third-order valence-corrected chi connectivity index (χ3v) is 8.27. The van der Waals surface area contributed by atoms with Crippen molar-refractivity contribution in [3.63, 3.8) is 0 Å². The van der Waals surface area contributed by atoms with Crippen molar-refractivity contribution in [2.45, 2.75) is 31.8 Å². The summed E-state index contributed by atoms with van der Waals surface area (Å²) in [5.74, 6) is 0.887. The fourth-order valence-corrected chi connectivity index (χ4v) is 6.13. The Morgan fingerprint density at radius 3 is 2.21 bits per heavy atom. The van der Waals surface area contributed by atoms with Gasteiger partial charge in [0.05, 0.1) is 18.8 Å². The minimum atomic E-state index is -0.114. The molecular weight excluding hydrogens is 513 g/mol. The molecule has 6 heteroatoms. The number of hydrogen-bond acceptors (Lipinski definition) is 4. The molecule has 3 aromatic rings. The summed E-state index contributed by atoms with van der Waals surface area (Å²) in [6.07, 6.45) is 7.36. The second-order valence-corrected chi connectivity index (χ2v) is 11.0. The summed E-state index contributed by atoms with van der Waals surface area (Å²) < 4.78 is 5.61. The Kier molecular flexibility index (Phi) is 6.96. The molecule has 1 fully saturated rings. The van der Waals surface area contributed by atoms with Crippen LogP contribution >= 0.6 is 23.2 Å². The maximum atomic E-state index is 6.79. The average Bonchev–Trinajstić information content (AvgIpc) is 3.45. The Hall–Kier alpha value is -3.18. The molecule has 1 aliphatic carbocycles. The van der Waals surface area contributed by atoms with Gasteiger partial charge in [0.15, 0.2) is 0 Å². The second-order valence-electron chi connectivity index (χ2n) is 10.2. The highest BCUT2D eigenvalue weighted by Gasteiger charge is 2.35. The normalized spacial score (nSPS) is 18.0. The van der Waals surface area contributed by atoms with Crippen LogP contribution < -0.4 is 10.6 Å². The molecule has 0 bridgehead atoms. The van der Waals surface area contributed by atoms with Gasteiger partial charge in [-0.2, -0.15) is 0 Å². The lowest BCUT2D eigenvalue weighted by atomic mass is 9.86. The molecule has 0 spiro atoms. The van der Waals surface area contributed by atoms with Crippen molar-refractivity contribution >= 4 is 34.6 Å². The standard InChI is InChI=1S/C32H31Cl2N3O/c1-38-26-13-15-29-28(19-26)31(35)27-14-12-25(34)18-30(27)37(29)32(23-8-10-24(33)11-9-23)22-6-4-21(5-7-22)20-36-16-2-3-17-36/h4-15,18,32H,2-3,16-17,19-20,35H2,1H3. The van der Waals surface area contributed by atoms with Crippen LogP contribution in [0, 0.1) is 0 Å². The van der Waals surface area contributed by atoms with Gasteiger partial charge in [-0.25, -0.2) is 0 Å². The van der Waals surface area contributed by atoms with E-state index in [0.717, 1.165) is 46.1 Å². The number of nitrogens with zero attached hydrogens (tertiary/aromatic N) is 2. The predicted octanol–water partition coefficient (Wildman–Crippen LogP) is 7.69. The molecule has 0 radical (unpaired) electrons. The van der Waals surface area contributed by atoms with Crippen molar-refractivity contribution in [3.05, 3.63) is 128 Å². The molecule has 1 atom stereocenters. The van der Waals surface area contributed by atoms with Crippen molar-refractivity contribution in [2.75, 3.05) is 25.1 Å². The van der Waals surface area contributed by atoms with Gasteiger partial charge >= 0.3 is 0 Å². The lowest BCUT2D eigenvalue weighted by Crippen LogP contribution is -2.35. The van der Waals surface area contributed by atoms with E-state index in [2.05, 4.69) is 52.3 Å². The van der Waals surface area contributed by atoms with Crippen molar-refractivity contribution in [1.29, 1.82) is 0 Å². The molecule has 38 heavy (non-hydrogen) atoms. The predicted molar refractivity (Wildman–Crippen MR) is 157 cm³/mol. The molecule has 3 aromatic carbocycles. The van der Waals surface area contributed by atoms with E-state index in [-0.39, 0.29) is 6.04 Å². The van der Waals surface area contributed by atoms with Gasteiger partial charge in [-0.15, -0.1) is 0 Å². The Morgan fingerprint density at radius 1 is 0.868 bits per heavy atom. The first kappa shape index (κ1) is 25.1. The van der Waals surface area contributed by atoms with Gasteiger partial charge in [-0.05, 0) is 85.1 Å². The van der Waals surface area contributed by atoms with Crippen molar-refractivity contribution in [2.24, 2.45) is 5.73 Å². The monoisotopic (exact) mass is 543 g/mol. The first-order valence-electron chi connectivity index (χ1n) is 13.1. The molecule has 6 rings (SSSR count). The molecule has 4 nitrogen and oxygen atoms in total. The maximum absolute atomic E-state index is 6.79. The van der Waals surface area contributed by atoms with Crippen molar-refractivity contribution < 1.29 is 4.74 Å². The van der Waals surface area contributed by atoms with E-state index in [9.17, 15) is 0 Å². The summed E-state index contributed by atoms with van der Waals surface area (Å²) in [5, 5.41) is 1.38. The van der Waals surface area contributed by atoms with E-state index in [1.165, 1.54) is 37.1 Å². The molecule has 194 valence electrons. The lowest BCUT2D eigenvalue weighted by Gasteiger charge is -2.42. The van der Waals surface area contributed by atoms with E-state index in [1.54, 1.807) is 7.11 Å². The Bertz CT molecular complexity index is 1430. The van der Waals surface area contributed by atoms with Crippen molar-refractivity contribution in [1.82, 2.24) is 4.90 Å². The third kappa shape index (κ3) is 4.73. The van der Waals surface area contributed by atoms with E-state index >= 15 is 0 Å². The topological polar surface area (TPSA) is 41.7 Å². The van der Waals surface area contributed by atoms with Gasteiger partial charge in [0, 0.05) is 45.5 Å². The minimum Gasteiger partial charge on any atom is -0.501 e. The van der Waals surface area contributed by atoms with E-state index in [0.29, 0.717) is 16.5 Å². The van der Waals surface area contributed by atoms with Crippen LogP contribution in [-0.2, 0) is 11.3 Å². The summed E-state index contributed by atoms with van der Waals surface area (Å²) >= 11 is 12.9. The summed E-state index contributed by atoms with van der Waals surface area (Å²) in [6, 6.07) is 23.0. The summed E-state index contributed by atoms with van der Waals surface area (Å²) in [4.78, 5) is 4.90. The first-order valence-corrected chi connectivity index (χ1v) is 13.9. The lowest BCUT2D eigenvalue weighted by molar-refractivity contribution is 0.282. The summed E-state index contributed by atoms with van der Waals surface area (Å²) in [6.45, 7) is 3.36. The number of halogens is 2. The zero-order valence-electron chi connectivity index (χ0n) is 21.5. The van der Waals surface area contributed by atoms with E-state index < -0.39 is 0 Å². The molecule has 3 aliphatic rings. The van der Waals surface area contributed by atoms with Crippen LogP contribution in [0.25, 0.3) is 5.70 Å². The van der Waals surface area contributed by atoms with Crippen molar-refractivity contribution in [3.8, 4) is 0 Å². The van der Waals surface area contributed by atoms with Gasteiger partial charge < -0.3 is 15.4 Å². The van der Waals surface area contributed by atoms with Crippen LogP contribution in [0.15, 0.2) is 95.9 Å². The van der Waals surface area contributed by atoms with Gasteiger partial charge in [0.1, 0.15) is 5.76 Å². The molecule has 2 heterocycles. The zero-order chi connectivity index (χ0) is 26.2. The molecule has 1 unspecified atom stereocenters. The number of fused-ring (bicyclic) bond motifs is 2. The number of nitrogens with two attached hydrogens (primary N) is 1.